The Labute approximate surface area is 120 Å². The van der Waals surface area contributed by atoms with E-state index in [2.05, 4.69) is 16.3 Å². The molecule has 0 atom stereocenters. The Morgan fingerprint density at radius 3 is 2.75 bits per heavy atom. The van der Waals surface area contributed by atoms with E-state index in [1.54, 1.807) is 0 Å². The molecule has 1 aromatic carbocycles. The highest BCUT2D eigenvalue weighted by Crippen LogP contribution is 2.30. The van der Waals surface area contributed by atoms with Crippen molar-refractivity contribution in [3.63, 3.8) is 0 Å². The maximum absolute atomic E-state index is 5.56. The highest BCUT2D eigenvalue weighted by molar-refractivity contribution is 5.43. The zero-order chi connectivity index (χ0) is 14.2. The summed E-state index contributed by atoms with van der Waals surface area (Å²) < 4.78 is 16.6. The summed E-state index contributed by atoms with van der Waals surface area (Å²) in [5.74, 6) is 1.69. The SMILES string of the molecule is CN(C)CCOCCNCc1ccc2c(c1)OCCO2. The lowest BCUT2D eigenvalue weighted by molar-refractivity contribution is 0.119. The van der Waals surface area contributed by atoms with Crippen molar-refractivity contribution in [2.45, 2.75) is 6.54 Å². The fourth-order valence-electron chi connectivity index (χ4n) is 1.92. The number of hydrogen-bond donors (Lipinski definition) is 1. The molecule has 20 heavy (non-hydrogen) atoms. The smallest absolute Gasteiger partial charge is 0.161 e. The van der Waals surface area contributed by atoms with E-state index in [4.69, 9.17) is 14.2 Å². The molecule has 0 spiro atoms. The van der Waals surface area contributed by atoms with E-state index in [1.807, 2.05) is 26.2 Å². The first-order chi connectivity index (χ1) is 9.75. The minimum atomic E-state index is 0.629. The van der Waals surface area contributed by atoms with Crippen LogP contribution in [0.4, 0.5) is 0 Å². The predicted molar refractivity (Wildman–Crippen MR) is 78.5 cm³/mol. The van der Waals surface area contributed by atoms with Crippen LogP contribution in [0.3, 0.4) is 0 Å². The number of hydrogen-bond acceptors (Lipinski definition) is 5. The van der Waals surface area contributed by atoms with E-state index in [0.29, 0.717) is 13.2 Å². The van der Waals surface area contributed by atoms with Gasteiger partial charge in [0, 0.05) is 19.6 Å². The maximum Gasteiger partial charge on any atom is 0.161 e. The summed E-state index contributed by atoms with van der Waals surface area (Å²) in [5, 5.41) is 3.36. The molecule has 112 valence electrons. The molecule has 0 saturated carbocycles. The summed E-state index contributed by atoms with van der Waals surface area (Å²) >= 11 is 0. The third kappa shape index (κ3) is 5.00. The van der Waals surface area contributed by atoms with Crippen molar-refractivity contribution >= 4 is 0 Å². The normalized spacial score (nSPS) is 13.8. The minimum Gasteiger partial charge on any atom is -0.486 e. The van der Waals surface area contributed by atoms with Crippen molar-refractivity contribution < 1.29 is 14.2 Å². The number of likely N-dealkylation sites (N-methyl/N-ethyl adjacent to an activating group) is 1. The van der Waals surface area contributed by atoms with Crippen molar-refractivity contribution in [3.8, 4) is 11.5 Å². The van der Waals surface area contributed by atoms with Gasteiger partial charge in [0.1, 0.15) is 13.2 Å². The molecule has 0 aliphatic carbocycles. The van der Waals surface area contributed by atoms with Crippen molar-refractivity contribution in [2.75, 3.05) is 53.6 Å². The number of fused-ring (bicyclic) bond motifs is 1. The standard InChI is InChI=1S/C15H24N2O3/c1-17(2)6-8-18-7-5-16-12-13-3-4-14-15(11-13)20-10-9-19-14/h3-4,11,16H,5-10,12H2,1-2H3. The second-order valence-electron chi connectivity index (χ2n) is 5.07. The van der Waals surface area contributed by atoms with Crippen molar-refractivity contribution in [1.29, 1.82) is 0 Å². The summed E-state index contributed by atoms with van der Waals surface area (Å²) in [6, 6.07) is 6.07. The summed E-state index contributed by atoms with van der Waals surface area (Å²) in [6.07, 6.45) is 0. The van der Waals surface area contributed by atoms with Crippen LogP contribution in [0.15, 0.2) is 18.2 Å². The molecule has 0 saturated heterocycles. The Morgan fingerprint density at radius 1 is 1.15 bits per heavy atom. The molecule has 0 aromatic heterocycles. The van der Waals surface area contributed by atoms with Gasteiger partial charge in [-0.15, -0.1) is 0 Å². The fraction of sp³-hybridized carbons (Fsp3) is 0.600. The van der Waals surface area contributed by atoms with Crippen LogP contribution in [0.25, 0.3) is 0 Å². The van der Waals surface area contributed by atoms with Gasteiger partial charge in [-0.05, 0) is 31.8 Å². The Hall–Kier alpha value is -1.30. The van der Waals surface area contributed by atoms with Gasteiger partial charge in [-0.3, -0.25) is 0 Å². The fourth-order valence-corrected chi connectivity index (χ4v) is 1.92. The van der Waals surface area contributed by atoms with Crippen LogP contribution < -0.4 is 14.8 Å². The van der Waals surface area contributed by atoms with Gasteiger partial charge < -0.3 is 24.4 Å². The lowest BCUT2D eigenvalue weighted by Gasteiger charge is -2.19. The molecule has 0 amide bonds. The lowest BCUT2D eigenvalue weighted by Crippen LogP contribution is -2.23. The average Bonchev–Trinajstić information content (AvgIpc) is 2.46. The van der Waals surface area contributed by atoms with Crippen LogP contribution in [0.2, 0.25) is 0 Å². The number of nitrogens with zero attached hydrogens (tertiary/aromatic N) is 1. The second-order valence-corrected chi connectivity index (χ2v) is 5.07. The van der Waals surface area contributed by atoms with E-state index in [9.17, 15) is 0 Å². The molecule has 5 nitrogen and oxygen atoms in total. The van der Waals surface area contributed by atoms with Crippen LogP contribution in [0, 0.1) is 0 Å². The molecule has 1 aliphatic rings. The molecule has 2 rings (SSSR count). The number of nitrogens with one attached hydrogen (secondary N) is 1. The van der Waals surface area contributed by atoms with Gasteiger partial charge in [0.15, 0.2) is 11.5 Å². The topological polar surface area (TPSA) is 43.0 Å². The van der Waals surface area contributed by atoms with Crippen LogP contribution in [0.5, 0.6) is 11.5 Å². The van der Waals surface area contributed by atoms with E-state index in [1.165, 1.54) is 5.56 Å². The van der Waals surface area contributed by atoms with Crippen molar-refractivity contribution in [3.05, 3.63) is 23.8 Å². The van der Waals surface area contributed by atoms with Gasteiger partial charge in [0.05, 0.1) is 13.2 Å². The first-order valence-corrected chi connectivity index (χ1v) is 7.07. The third-order valence-corrected chi connectivity index (χ3v) is 3.04. The second kappa shape index (κ2) is 8.09. The van der Waals surface area contributed by atoms with Gasteiger partial charge >= 0.3 is 0 Å². The first-order valence-electron chi connectivity index (χ1n) is 7.07. The quantitative estimate of drug-likeness (QED) is 0.723. The Kier molecular flexibility index (Phi) is 6.11. The molecule has 5 heteroatoms. The predicted octanol–water partition coefficient (Wildman–Crippen LogP) is 1.13. The molecule has 0 bridgehead atoms. The zero-order valence-electron chi connectivity index (χ0n) is 12.4. The number of ether oxygens (including phenoxy) is 3. The van der Waals surface area contributed by atoms with Crippen LogP contribution in [-0.2, 0) is 11.3 Å². The zero-order valence-corrected chi connectivity index (χ0v) is 12.4. The summed E-state index contributed by atoms with van der Waals surface area (Å²) in [4.78, 5) is 2.11. The van der Waals surface area contributed by atoms with Gasteiger partial charge in [-0.25, -0.2) is 0 Å². The van der Waals surface area contributed by atoms with E-state index in [0.717, 1.165) is 44.3 Å². The maximum atomic E-state index is 5.56. The number of rotatable bonds is 8. The molecule has 1 heterocycles. The minimum absolute atomic E-state index is 0.629. The lowest BCUT2D eigenvalue weighted by atomic mass is 10.2. The first kappa shape index (κ1) is 15.1. The Balaban J connectivity index is 1.62. The average molecular weight is 280 g/mol. The number of benzene rings is 1. The monoisotopic (exact) mass is 280 g/mol. The summed E-state index contributed by atoms with van der Waals surface area (Å²) in [7, 11) is 4.09. The van der Waals surface area contributed by atoms with Crippen molar-refractivity contribution in [1.82, 2.24) is 10.2 Å². The van der Waals surface area contributed by atoms with Crippen LogP contribution in [-0.4, -0.2) is 58.5 Å². The highest BCUT2D eigenvalue weighted by Gasteiger charge is 2.11. The molecule has 1 aromatic rings. The van der Waals surface area contributed by atoms with E-state index >= 15 is 0 Å². The van der Waals surface area contributed by atoms with Gasteiger partial charge in [-0.2, -0.15) is 0 Å². The van der Waals surface area contributed by atoms with Crippen LogP contribution in [0.1, 0.15) is 5.56 Å². The third-order valence-electron chi connectivity index (χ3n) is 3.04. The largest absolute Gasteiger partial charge is 0.486 e. The molecular weight excluding hydrogens is 256 g/mol. The molecule has 0 unspecified atom stereocenters. The molecule has 1 N–H and O–H groups in total. The summed E-state index contributed by atoms with van der Waals surface area (Å²) in [6.45, 7) is 5.40. The van der Waals surface area contributed by atoms with E-state index < -0.39 is 0 Å². The Bertz CT molecular complexity index is 410. The molecule has 0 radical (unpaired) electrons. The van der Waals surface area contributed by atoms with Gasteiger partial charge in [0.2, 0.25) is 0 Å². The van der Waals surface area contributed by atoms with Crippen LogP contribution >= 0.6 is 0 Å². The molecule has 0 fully saturated rings. The molecular formula is C15H24N2O3. The van der Waals surface area contributed by atoms with Gasteiger partial charge in [-0.1, -0.05) is 6.07 Å². The Morgan fingerprint density at radius 2 is 1.95 bits per heavy atom. The molecule has 1 aliphatic heterocycles. The highest BCUT2D eigenvalue weighted by atomic mass is 16.6. The van der Waals surface area contributed by atoms with E-state index in [-0.39, 0.29) is 0 Å². The van der Waals surface area contributed by atoms with Crippen molar-refractivity contribution in [2.24, 2.45) is 0 Å². The van der Waals surface area contributed by atoms with Gasteiger partial charge in [0.25, 0.3) is 0 Å². The summed E-state index contributed by atoms with van der Waals surface area (Å²) in [5.41, 5.74) is 1.20.